The van der Waals surface area contributed by atoms with Gasteiger partial charge < -0.3 is 5.32 Å². The van der Waals surface area contributed by atoms with Crippen LogP contribution in [0.3, 0.4) is 0 Å². The average Bonchev–Trinajstić information content (AvgIpc) is 3.29. The summed E-state index contributed by atoms with van der Waals surface area (Å²) >= 11 is 0. The van der Waals surface area contributed by atoms with Crippen molar-refractivity contribution in [2.45, 2.75) is 56.6 Å². The molecule has 0 bridgehead atoms. The maximum atomic E-state index is 12.7. The SMILES string of the molecule is CS(=O)(=O)N1CCC(S(=O)(=O)NC(=O)Nc2c3c(cc4c2CCC4)CCC3)CC1.[K]. The first-order valence-corrected chi connectivity index (χ1v) is 13.5. The number of carbonyl (C=O) groups excluding carboxylic acids is 1. The molecule has 30 heavy (non-hydrogen) atoms. The minimum absolute atomic E-state index is 0. The van der Waals surface area contributed by atoms with Gasteiger partial charge in [-0.05, 0) is 73.6 Å². The molecule has 3 aliphatic rings. The smallest absolute Gasteiger partial charge is 0.307 e. The second kappa shape index (κ2) is 9.46. The zero-order valence-corrected chi connectivity index (χ0v) is 22.3. The maximum Gasteiger partial charge on any atom is 0.332 e. The number of rotatable bonds is 4. The van der Waals surface area contributed by atoms with Gasteiger partial charge >= 0.3 is 6.03 Å². The van der Waals surface area contributed by atoms with Crippen molar-refractivity contribution in [2.75, 3.05) is 24.7 Å². The number of nitrogens with one attached hydrogen (secondary N) is 2. The number of amides is 2. The number of anilines is 1. The first-order chi connectivity index (χ1) is 13.6. The Morgan fingerprint density at radius 1 is 0.967 bits per heavy atom. The Morgan fingerprint density at radius 3 is 2.00 bits per heavy atom. The van der Waals surface area contributed by atoms with Crippen LogP contribution in [0.5, 0.6) is 0 Å². The Labute approximate surface area is 221 Å². The summed E-state index contributed by atoms with van der Waals surface area (Å²) in [6.07, 6.45) is 7.34. The molecule has 4 rings (SSSR count). The van der Waals surface area contributed by atoms with Crippen molar-refractivity contribution >= 4 is 83.1 Å². The number of benzene rings is 1. The molecule has 2 amide bonds. The first kappa shape index (κ1) is 24.6. The van der Waals surface area contributed by atoms with E-state index in [1.165, 1.54) is 15.4 Å². The van der Waals surface area contributed by atoms with Crippen molar-refractivity contribution in [1.82, 2.24) is 9.03 Å². The number of sulfonamides is 2. The van der Waals surface area contributed by atoms with Gasteiger partial charge in [0.2, 0.25) is 20.0 Å². The molecule has 0 spiro atoms. The topological polar surface area (TPSA) is 113 Å². The number of carbonyl (C=O) groups is 1. The van der Waals surface area contributed by atoms with Gasteiger partial charge in [-0.25, -0.2) is 30.7 Å². The van der Waals surface area contributed by atoms with Gasteiger partial charge in [0.05, 0.1) is 11.5 Å². The Bertz CT molecular complexity index is 1020. The van der Waals surface area contributed by atoms with Crippen LogP contribution in [0.15, 0.2) is 6.07 Å². The van der Waals surface area contributed by atoms with Crippen molar-refractivity contribution in [3.63, 3.8) is 0 Å². The van der Waals surface area contributed by atoms with Gasteiger partial charge in [0.1, 0.15) is 0 Å². The first-order valence-electron chi connectivity index (χ1n) is 10.1. The van der Waals surface area contributed by atoms with E-state index in [4.69, 9.17) is 0 Å². The fraction of sp³-hybridized carbons (Fsp3) is 0.632. The van der Waals surface area contributed by atoms with Gasteiger partial charge in [-0.15, -0.1) is 0 Å². The van der Waals surface area contributed by atoms with Crippen molar-refractivity contribution < 1.29 is 21.6 Å². The van der Waals surface area contributed by atoms with Crippen LogP contribution >= 0.6 is 0 Å². The van der Waals surface area contributed by atoms with Gasteiger partial charge in [-0.3, -0.25) is 0 Å². The zero-order chi connectivity index (χ0) is 20.8. The number of fused-ring (bicyclic) bond motifs is 2. The molecule has 0 unspecified atom stereocenters. The molecular formula is C19H27KN3O5S2. The summed E-state index contributed by atoms with van der Waals surface area (Å²) < 4.78 is 52.0. The molecule has 0 aromatic heterocycles. The summed E-state index contributed by atoms with van der Waals surface area (Å²) in [4.78, 5) is 12.6. The summed E-state index contributed by atoms with van der Waals surface area (Å²) in [7, 11) is -7.21. The van der Waals surface area contributed by atoms with E-state index in [1.54, 1.807) is 0 Å². The molecule has 1 aromatic rings. The van der Waals surface area contributed by atoms with Gasteiger partial charge in [-0.1, -0.05) is 6.07 Å². The Morgan fingerprint density at radius 2 is 1.50 bits per heavy atom. The standard InChI is InChI=1S/C19H27N3O5S2.K/c1-28(24,25)22-10-8-15(9-11-22)29(26,27)21-19(23)20-18-16-6-2-4-13(16)12-14-5-3-7-17(14)18;/h12,15H,2-11H2,1H3,(H2,20,21,23);. The van der Waals surface area contributed by atoms with Gasteiger partial charge in [-0.2, -0.15) is 0 Å². The molecule has 1 radical (unpaired) electrons. The normalized spacial score (nSPS) is 19.6. The third kappa shape index (κ3) is 5.14. The van der Waals surface area contributed by atoms with Crippen LogP contribution in [0.4, 0.5) is 10.5 Å². The monoisotopic (exact) mass is 480 g/mol. The molecule has 0 saturated carbocycles. The van der Waals surface area contributed by atoms with Crippen molar-refractivity contribution in [3.05, 3.63) is 28.3 Å². The van der Waals surface area contributed by atoms with Crippen LogP contribution in [0, 0.1) is 0 Å². The van der Waals surface area contributed by atoms with Crippen LogP contribution in [0.2, 0.25) is 0 Å². The van der Waals surface area contributed by atoms with E-state index >= 15 is 0 Å². The van der Waals surface area contributed by atoms with E-state index in [0.29, 0.717) is 0 Å². The van der Waals surface area contributed by atoms with E-state index in [-0.39, 0.29) is 77.3 Å². The van der Waals surface area contributed by atoms with E-state index < -0.39 is 31.3 Å². The largest absolute Gasteiger partial charge is 0.332 e. The number of hydrogen-bond acceptors (Lipinski definition) is 5. The Kier molecular flexibility index (Phi) is 7.77. The molecule has 1 aromatic carbocycles. The third-order valence-electron chi connectivity index (χ3n) is 6.26. The van der Waals surface area contributed by atoms with Crippen molar-refractivity contribution in [3.8, 4) is 0 Å². The molecule has 11 heteroatoms. The number of hydrogen-bond donors (Lipinski definition) is 2. The van der Waals surface area contributed by atoms with Crippen molar-refractivity contribution in [1.29, 1.82) is 0 Å². The molecule has 1 fully saturated rings. The summed E-state index contributed by atoms with van der Waals surface area (Å²) in [6.45, 7) is 0.289. The quantitative estimate of drug-likeness (QED) is 0.628. The second-order valence-corrected chi connectivity index (χ2v) is 12.1. The summed E-state index contributed by atoms with van der Waals surface area (Å²) in [5.74, 6) is 0. The number of piperidine rings is 1. The number of nitrogens with zero attached hydrogens (tertiary/aromatic N) is 1. The molecule has 161 valence electrons. The fourth-order valence-electron chi connectivity index (χ4n) is 4.79. The van der Waals surface area contributed by atoms with E-state index in [9.17, 15) is 21.6 Å². The summed E-state index contributed by atoms with van der Waals surface area (Å²) in [5.41, 5.74) is 5.60. The summed E-state index contributed by atoms with van der Waals surface area (Å²) in [6, 6.07) is 1.52. The van der Waals surface area contributed by atoms with Crippen LogP contribution in [0.1, 0.15) is 47.9 Å². The molecule has 1 aliphatic heterocycles. The molecule has 0 atom stereocenters. The average molecular weight is 481 g/mol. The predicted octanol–water partition coefficient (Wildman–Crippen LogP) is 1.16. The van der Waals surface area contributed by atoms with E-state index in [2.05, 4.69) is 16.1 Å². The molecule has 1 heterocycles. The van der Waals surface area contributed by atoms with Gasteiger partial charge in [0, 0.05) is 70.2 Å². The van der Waals surface area contributed by atoms with E-state index in [1.807, 2.05) is 0 Å². The maximum absolute atomic E-state index is 12.7. The summed E-state index contributed by atoms with van der Waals surface area (Å²) in [5, 5.41) is 2.06. The number of urea groups is 1. The van der Waals surface area contributed by atoms with Crippen LogP contribution in [-0.2, 0) is 45.7 Å². The van der Waals surface area contributed by atoms with Crippen LogP contribution in [-0.4, -0.2) is 103 Å². The Hall–Kier alpha value is -0.0136. The predicted molar refractivity (Wildman–Crippen MR) is 117 cm³/mol. The van der Waals surface area contributed by atoms with E-state index in [0.717, 1.165) is 61.6 Å². The third-order valence-corrected chi connectivity index (χ3v) is 9.38. The molecule has 8 nitrogen and oxygen atoms in total. The van der Waals surface area contributed by atoms with Crippen LogP contribution < -0.4 is 10.0 Å². The Balaban J connectivity index is 0.00000256. The zero-order valence-electron chi connectivity index (χ0n) is 17.5. The molecule has 1 saturated heterocycles. The van der Waals surface area contributed by atoms with Gasteiger partial charge in [0.25, 0.3) is 0 Å². The fourth-order valence-corrected chi connectivity index (χ4v) is 6.97. The molecule has 2 N–H and O–H groups in total. The molecular weight excluding hydrogens is 453 g/mol. The van der Waals surface area contributed by atoms with Gasteiger partial charge in [0.15, 0.2) is 0 Å². The molecule has 2 aliphatic carbocycles. The minimum atomic E-state index is -3.88. The minimum Gasteiger partial charge on any atom is -0.307 e. The van der Waals surface area contributed by atoms with Crippen LogP contribution in [0.25, 0.3) is 0 Å². The number of aryl methyl sites for hydroxylation is 2. The van der Waals surface area contributed by atoms with Crippen molar-refractivity contribution in [2.24, 2.45) is 0 Å². The second-order valence-electron chi connectivity index (χ2n) is 8.20.